The Bertz CT molecular complexity index is 365. The Hall–Kier alpha value is -1.53. The van der Waals surface area contributed by atoms with Gasteiger partial charge in [0.25, 0.3) is 0 Å². The largest absolute Gasteiger partial charge is 0.497 e. The van der Waals surface area contributed by atoms with E-state index in [1.807, 2.05) is 30.3 Å². The van der Waals surface area contributed by atoms with Crippen LogP contribution < -0.4 is 4.74 Å². The van der Waals surface area contributed by atoms with Crippen LogP contribution in [0.1, 0.15) is 20.8 Å². The molecule has 0 saturated carbocycles. The van der Waals surface area contributed by atoms with E-state index in [-0.39, 0.29) is 5.41 Å². The number of methoxy groups -OCH3 is 1. The second-order valence-electron chi connectivity index (χ2n) is 4.45. The molecule has 0 unspecified atom stereocenters. The topological polar surface area (TPSA) is 21.6 Å². The molecule has 80 valence electrons. The third-order valence-electron chi connectivity index (χ3n) is 1.76. The zero-order valence-corrected chi connectivity index (χ0v) is 9.74. The normalized spacial score (nSPS) is 10.4. The van der Waals surface area contributed by atoms with E-state index in [0.717, 1.165) is 11.4 Å². The molecule has 2 heteroatoms. The van der Waals surface area contributed by atoms with E-state index in [1.165, 1.54) is 0 Å². The molecule has 0 bridgehead atoms. The molecule has 1 aromatic rings. The molecule has 0 atom stereocenters. The summed E-state index contributed by atoms with van der Waals surface area (Å²) in [5, 5.41) is 0. The van der Waals surface area contributed by atoms with E-state index in [0.29, 0.717) is 0 Å². The van der Waals surface area contributed by atoms with Crippen molar-refractivity contribution in [2.24, 2.45) is 10.4 Å². The minimum absolute atomic E-state index is 0.121. The van der Waals surface area contributed by atoms with Crippen LogP contribution in [0, 0.1) is 5.41 Å². The van der Waals surface area contributed by atoms with Crippen LogP contribution in [0.5, 0.6) is 5.75 Å². The summed E-state index contributed by atoms with van der Waals surface area (Å²) in [6.45, 7) is 6.34. The van der Waals surface area contributed by atoms with Crippen LogP contribution in [-0.4, -0.2) is 13.0 Å². The van der Waals surface area contributed by atoms with Gasteiger partial charge in [0, 0.05) is 0 Å². The van der Waals surface area contributed by atoms with Crippen LogP contribution in [0.25, 0.3) is 0 Å². The van der Waals surface area contributed by atoms with Gasteiger partial charge in [0.2, 0.25) is 0 Å². The Labute approximate surface area is 91.3 Å². The Kier molecular flexibility index (Phi) is 3.70. The molecule has 0 radical (unpaired) electrons. The molecule has 0 aromatic heterocycles. The van der Waals surface area contributed by atoms with Crippen molar-refractivity contribution in [1.29, 1.82) is 0 Å². The maximum Gasteiger partial charge on any atom is 0.119 e. The second kappa shape index (κ2) is 4.81. The number of aliphatic imine (C=N–C) groups is 1. The Morgan fingerprint density at radius 1 is 1.20 bits per heavy atom. The van der Waals surface area contributed by atoms with Gasteiger partial charge in [-0.15, -0.1) is 0 Å². The van der Waals surface area contributed by atoms with E-state index in [4.69, 9.17) is 4.74 Å². The zero-order chi connectivity index (χ0) is 11.3. The Morgan fingerprint density at radius 3 is 2.27 bits per heavy atom. The SMILES string of the molecule is COc1ccc(N=C=CC(C)(C)C)cc1. The molecule has 0 saturated heterocycles. The summed E-state index contributed by atoms with van der Waals surface area (Å²) in [5.41, 5.74) is 1.01. The van der Waals surface area contributed by atoms with Gasteiger partial charge in [0.1, 0.15) is 5.75 Å². The standard InChI is InChI=1S/C13H17NO/c1-13(2,3)9-10-14-11-5-7-12(15-4)8-6-11/h5-9H,1-4H3. The van der Waals surface area contributed by atoms with Crippen LogP contribution in [0.2, 0.25) is 0 Å². The van der Waals surface area contributed by atoms with E-state index in [2.05, 4.69) is 31.6 Å². The predicted octanol–water partition coefficient (Wildman–Crippen LogP) is 3.60. The monoisotopic (exact) mass is 203 g/mol. The maximum atomic E-state index is 5.06. The fourth-order valence-corrected chi connectivity index (χ4v) is 0.957. The number of ether oxygens (including phenoxy) is 1. The summed E-state index contributed by atoms with van der Waals surface area (Å²) in [5.74, 6) is 3.78. The zero-order valence-electron chi connectivity index (χ0n) is 9.74. The molecule has 15 heavy (non-hydrogen) atoms. The van der Waals surface area contributed by atoms with Gasteiger partial charge in [-0.05, 0) is 41.6 Å². The van der Waals surface area contributed by atoms with E-state index >= 15 is 0 Å². The van der Waals surface area contributed by atoms with Crippen molar-refractivity contribution in [3.05, 3.63) is 30.3 Å². The van der Waals surface area contributed by atoms with Crippen LogP contribution in [0.15, 0.2) is 35.3 Å². The third kappa shape index (κ3) is 4.48. The molecular formula is C13H17NO. The predicted molar refractivity (Wildman–Crippen MR) is 64.1 cm³/mol. The second-order valence-corrected chi connectivity index (χ2v) is 4.45. The molecule has 0 spiro atoms. The summed E-state index contributed by atoms with van der Waals surface area (Å²) in [4.78, 5) is 4.21. The smallest absolute Gasteiger partial charge is 0.119 e. The lowest BCUT2D eigenvalue weighted by Crippen LogP contribution is -1.98. The number of rotatable bonds is 2. The third-order valence-corrected chi connectivity index (χ3v) is 1.76. The van der Waals surface area contributed by atoms with Gasteiger partial charge in [0.15, 0.2) is 0 Å². The molecule has 1 rings (SSSR count). The minimum Gasteiger partial charge on any atom is -0.497 e. The van der Waals surface area contributed by atoms with Gasteiger partial charge in [-0.2, -0.15) is 0 Å². The van der Waals surface area contributed by atoms with Crippen LogP contribution in [-0.2, 0) is 0 Å². The summed E-state index contributed by atoms with van der Waals surface area (Å²) in [7, 11) is 1.65. The molecule has 0 aliphatic heterocycles. The molecule has 2 nitrogen and oxygen atoms in total. The Balaban J connectivity index is 2.77. The molecular weight excluding hydrogens is 186 g/mol. The molecule has 0 aliphatic rings. The van der Waals surface area contributed by atoms with Crippen molar-refractivity contribution in [2.45, 2.75) is 20.8 Å². The lowest BCUT2D eigenvalue weighted by molar-refractivity contribution is 0.415. The van der Waals surface area contributed by atoms with Crippen molar-refractivity contribution >= 4 is 11.6 Å². The first kappa shape index (κ1) is 11.5. The average Bonchev–Trinajstić information content (AvgIpc) is 2.17. The van der Waals surface area contributed by atoms with Gasteiger partial charge in [0.05, 0.1) is 12.8 Å². The van der Waals surface area contributed by atoms with Gasteiger partial charge >= 0.3 is 0 Å². The van der Waals surface area contributed by atoms with Crippen LogP contribution in [0.4, 0.5) is 5.69 Å². The highest BCUT2D eigenvalue weighted by Gasteiger charge is 2.02. The number of hydrogen-bond acceptors (Lipinski definition) is 2. The van der Waals surface area contributed by atoms with Crippen LogP contribution >= 0.6 is 0 Å². The highest BCUT2D eigenvalue weighted by atomic mass is 16.5. The first-order valence-corrected chi connectivity index (χ1v) is 4.96. The molecule has 0 amide bonds. The van der Waals surface area contributed by atoms with Gasteiger partial charge in [-0.25, -0.2) is 4.99 Å². The molecule has 0 aliphatic carbocycles. The average molecular weight is 203 g/mol. The van der Waals surface area contributed by atoms with E-state index < -0.39 is 0 Å². The van der Waals surface area contributed by atoms with Gasteiger partial charge < -0.3 is 4.74 Å². The maximum absolute atomic E-state index is 5.06. The fourth-order valence-electron chi connectivity index (χ4n) is 0.957. The molecule has 1 aromatic carbocycles. The van der Waals surface area contributed by atoms with Crippen molar-refractivity contribution in [3.8, 4) is 5.75 Å². The fraction of sp³-hybridized carbons (Fsp3) is 0.385. The number of benzene rings is 1. The first-order valence-electron chi connectivity index (χ1n) is 4.96. The van der Waals surface area contributed by atoms with Gasteiger partial charge in [-0.1, -0.05) is 20.8 Å². The summed E-state index contributed by atoms with van der Waals surface area (Å²) < 4.78 is 5.06. The van der Waals surface area contributed by atoms with Gasteiger partial charge in [-0.3, -0.25) is 0 Å². The minimum atomic E-state index is 0.121. The van der Waals surface area contributed by atoms with Crippen molar-refractivity contribution in [2.75, 3.05) is 7.11 Å². The highest BCUT2D eigenvalue weighted by molar-refractivity contribution is 5.59. The van der Waals surface area contributed by atoms with E-state index in [1.54, 1.807) is 7.11 Å². The van der Waals surface area contributed by atoms with Crippen molar-refractivity contribution in [1.82, 2.24) is 0 Å². The van der Waals surface area contributed by atoms with Crippen molar-refractivity contribution in [3.63, 3.8) is 0 Å². The highest BCUT2D eigenvalue weighted by Crippen LogP contribution is 2.17. The van der Waals surface area contributed by atoms with E-state index in [9.17, 15) is 0 Å². The summed E-state index contributed by atoms with van der Waals surface area (Å²) in [6, 6.07) is 7.58. The number of nitrogens with zero attached hydrogens (tertiary/aromatic N) is 1. The lowest BCUT2D eigenvalue weighted by Gasteiger charge is -2.07. The molecule has 0 fully saturated rings. The molecule has 0 heterocycles. The quantitative estimate of drug-likeness (QED) is 0.673. The summed E-state index contributed by atoms with van der Waals surface area (Å²) in [6.07, 6.45) is 1.96. The number of allylic oxidation sites excluding steroid dienone is 1. The number of hydrogen-bond donors (Lipinski definition) is 0. The lowest BCUT2D eigenvalue weighted by atomic mass is 9.98. The first-order chi connectivity index (χ1) is 7.01. The van der Waals surface area contributed by atoms with Crippen molar-refractivity contribution < 1.29 is 4.74 Å². The summed E-state index contributed by atoms with van der Waals surface area (Å²) >= 11 is 0. The molecule has 0 N–H and O–H groups in total. The van der Waals surface area contributed by atoms with Crippen LogP contribution in [0.3, 0.4) is 0 Å². The Morgan fingerprint density at radius 2 is 1.80 bits per heavy atom.